The molecule has 1 aromatic carbocycles. The molecule has 0 spiro atoms. The van der Waals surface area contributed by atoms with E-state index in [4.69, 9.17) is 9.47 Å². The van der Waals surface area contributed by atoms with E-state index in [2.05, 4.69) is 26.8 Å². The van der Waals surface area contributed by atoms with Crippen LogP contribution < -0.4 is 24.4 Å². The second kappa shape index (κ2) is 15.1. The molecule has 5 fully saturated rings. The van der Waals surface area contributed by atoms with Gasteiger partial charge in [0.2, 0.25) is 27.7 Å². The summed E-state index contributed by atoms with van der Waals surface area (Å²) >= 11 is 0. The van der Waals surface area contributed by atoms with E-state index in [1.165, 1.54) is 9.80 Å². The number of allylic oxidation sites excluding steroid dienone is 1. The van der Waals surface area contributed by atoms with Gasteiger partial charge >= 0.3 is 6.09 Å². The van der Waals surface area contributed by atoms with Gasteiger partial charge in [-0.2, -0.15) is 0 Å². The van der Waals surface area contributed by atoms with Gasteiger partial charge in [0.15, 0.2) is 5.75 Å². The predicted molar refractivity (Wildman–Crippen MR) is 218 cm³/mol. The molecule has 4 heterocycles. The van der Waals surface area contributed by atoms with E-state index in [9.17, 15) is 27.9 Å². The number of fused-ring (bicyclic) bond motifs is 6. The van der Waals surface area contributed by atoms with Crippen LogP contribution >= 0.6 is 0 Å². The maximum absolute atomic E-state index is 15.4. The van der Waals surface area contributed by atoms with Crippen molar-refractivity contribution < 1.29 is 42.2 Å². The number of rotatable bonds is 8. The van der Waals surface area contributed by atoms with E-state index < -0.39 is 68.7 Å². The Morgan fingerprint density at radius 3 is 2.59 bits per heavy atom. The van der Waals surface area contributed by atoms with Gasteiger partial charge in [0.05, 0.1) is 24.0 Å². The lowest BCUT2D eigenvalue weighted by molar-refractivity contribution is -0.145. The smallest absolute Gasteiger partial charge is 0.408 e. The lowest BCUT2D eigenvalue weighted by atomic mass is 9.83. The van der Waals surface area contributed by atoms with Crippen molar-refractivity contribution in [3.63, 3.8) is 0 Å². The fourth-order valence-corrected chi connectivity index (χ4v) is 11.9. The zero-order valence-electron chi connectivity index (χ0n) is 34.0. The van der Waals surface area contributed by atoms with Crippen molar-refractivity contribution >= 4 is 50.3 Å². The number of nitrogens with zero attached hydrogens (tertiary/aromatic N) is 4. The summed E-state index contributed by atoms with van der Waals surface area (Å²) in [5, 5.41) is 14.8. The van der Waals surface area contributed by atoms with Crippen molar-refractivity contribution in [1.82, 2.24) is 24.8 Å². The average molecular weight is 833 g/mol. The van der Waals surface area contributed by atoms with Crippen LogP contribution in [0.2, 0.25) is 0 Å². The molecule has 4 amide bonds. The van der Waals surface area contributed by atoms with E-state index in [0.29, 0.717) is 74.7 Å². The number of aromatic nitrogens is 1. The molecule has 0 bridgehead atoms. The van der Waals surface area contributed by atoms with E-state index in [0.717, 1.165) is 36.2 Å². The van der Waals surface area contributed by atoms with Crippen LogP contribution in [-0.2, 0) is 24.4 Å². The minimum Gasteiger partial charge on any atom is -0.489 e. The van der Waals surface area contributed by atoms with Gasteiger partial charge in [-0.1, -0.05) is 32.4 Å². The number of hydrogen-bond donors (Lipinski definition) is 3. The summed E-state index contributed by atoms with van der Waals surface area (Å²) in [5.41, 5.74) is -0.582. The largest absolute Gasteiger partial charge is 0.489 e. The molecule has 9 rings (SSSR count). The number of hydrogen-bond acceptors (Lipinski definition) is 10. The Bertz CT molecular complexity index is 2170. The Kier molecular flexibility index (Phi) is 10.2. The molecule has 10 atom stereocenters. The Labute approximate surface area is 345 Å². The van der Waals surface area contributed by atoms with Gasteiger partial charge < -0.3 is 29.7 Å². The molecule has 4 saturated carbocycles. The van der Waals surface area contributed by atoms with E-state index >= 15 is 4.79 Å². The molecule has 15 nitrogen and oxygen atoms in total. The van der Waals surface area contributed by atoms with Crippen LogP contribution in [0.25, 0.3) is 10.8 Å². The molecule has 7 aliphatic rings. The number of anilines is 1. The highest BCUT2D eigenvalue weighted by Gasteiger charge is 2.62. The molecule has 16 heteroatoms. The topological polar surface area (TPSA) is 188 Å². The molecule has 318 valence electrons. The SMILES string of the molecule is CC[C@@H]1C[C@@H](C)CC/C=C\[C@@H]2C[C@@]2(C(=O)NS(=O)(=O)C2CC2)NC(=O)[C@@H]2C[C@@H](Oc3nccc4c5c(ccc34)N(C)CCO5)CN2C(=O)[C@H]1N(C(=O)O)[C@H]1CC2C[C@H]2C1. The van der Waals surface area contributed by atoms with Crippen LogP contribution in [0.15, 0.2) is 36.5 Å². The lowest BCUT2D eigenvalue weighted by Gasteiger charge is -2.41. The fraction of sp³-hybridized carbons (Fsp3) is 0.651. The van der Waals surface area contributed by atoms with Crippen LogP contribution in [0.4, 0.5) is 10.5 Å². The number of carbonyl (C=O) groups is 4. The molecule has 1 unspecified atom stereocenters. The number of benzene rings is 1. The van der Waals surface area contributed by atoms with Crippen molar-refractivity contribution in [2.24, 2.45) is 29.6 Å². The number of amides is 4. The molecular weight excluding hydrogens is 777 g/mol. The number of carbonyl (C=O) groups excluding carboxylic acids is 3. The van der Waals surface area contributed by atoms with Crippen LogP contribution in [0.1, 0.15) is 84.5 Å². The van der Waals surface area contributed by atoms with Gasteiger partial charge in [-0.25, -0.2) is 18.2 Å². The van der Waals surface area contributed by atoms with Gasteiger partial charge in [0.1, 0.15) is 30.3 Å². The Hall–Kier alpha value is -4.60. The number of likely N-dealkylation sites (N-methyl/N-ethyl adjacent to an activating group) is 1. The average Bonchev–Trinajstić information content (AvgIpc) is 4.17. The highest BCUT2D eigenvalue weighted by atomic mass is 32.2. The maximum atomic E-state index is 15.4. The standard InChI is InChI=1S/C43H56N6O9S/c1-4-25-17-24(2)7-5-6-8-28-22-43(28,41(52)46-59(55,56)31-9-10-31)45-38(50)35-21-30(23-48(35)40(51)36(25)49(42(53)54)29-19-26-18-27(26)20-29)58-39-33-11-12-34-37(32(33)13-14-44-39)57-16-15-47(34)3/h6,8,11-14,24-31,35-36H,4-5,7,9-10,15-23H2,1-3H3,(H,45,50)(H,46,52)(H,53,54)/b8-6-/t24-,25+,26-,27?,28+,29+,30+,35-,36-,43+/m0/s1. The highest BCUT2D eigenvalue weighted by molar-refractivity contribution is 7.91. The van der Waals surface area contributed by atoms with E-state index in [1.807, 2.05) is 44.3 Å². The van der Waals surface area contributed by atoms with Gasteiger partial charge in [-0.15, -0.1) is 0 Å². The minimum atomic E-state index is -3.92. The molecule has 1 aromatic heterocycles. The summed E-state index contributed by atoms with van der Waals surface area (Å²) in [4.78, 5) is 67.1. The second-order valence-corrected chi connectivity index (χ2v) is 20.3. The Morgan fingerprint density at radius 2 is 1.86 bits per heavy atom. The van der Waals surface area contributed by atoms with Gasteiger partial charge in [-0.3, -0.25) is 24.0 Å². The molecule has 3 N–H and O–H groups in total. The first-order valence-electron chi connectivity index (χ1n) is 21.6. The second-order valence-electron chi connectivity index (χ2n) is 18.4. The zero-order valence-corrected chi connectivity index (χ0v) is 34.9. The fourth-order valence-electron chi connectivity index (χ4n) is 10.6. The zero-order chi connectivity index (χ0) is 41.4. The van der Waals surface area contributed by atoms with Crippen molar-refractivity contribution in [3.05, 3.63) is 36.5 Å². The molecule has 1 saturated heterocycles. The summed E-state index contributed by atoms with van der Waals surface area (Å²) in [6.07, 6.45) is 9.98. The molecule has 2 aromatic rings. The third-order valence-corrected chi connectivity index (χ3v) is 16.1. The van der Waals surface area contributed by atoms with Crippen molar-refractivity contribution in [2.45, 2.75) is 119 Å². The highest BCUT2D eigenvalue weighted by Crippen LogP contribution is 2.54. The number of nitrogens with one attached hydrogen (secondary N) is 2. The molecular formula is C43H56N6O9S. The Balaban J connectivity index is 1.08. The first-order valence-corrected chi connectivity index (χ1v) is 23.1. The molecule has 0 radical (unpaired) electrons. The van der Waals surface area contributed by atoms with Gasteiger partial charge in [0, 0.05) is 42.4 Å². The number of sulfonamides is 1. The van der Waals surface area contributed by atoms with E-state index in [-0.39, 0.29) is 37.3 Å². The van der Waals surface area contributed by atoms with Crippen LogP contribution in [-0.4, -0.2) is 114 Å². The maximum Gasteiger partial charge on any atom is 0.408 e. The first kappa shape index (κ1) is 39.8. The summed E-state index contributed by atoms with van der Waals surface area (Å²) in [6, 6.07) is 3.27. The summed E-state index contributed by atoms with van der Waals surface area (Å²) in [7, 11) is -1.91. The third-order valence-electron chi connectivity index (χ3n) is 14.3. The summed E-state index contributed by atoms with van der Waals surface area (Å²) in [5.74, 6) is -0.505. The summed E-state index contributed by atoms with van der Waals surface area (Å²) < 4.78 is 41.0. The minimum absolute atomic E-state index is 0.0242. The monoisotopic (exact) mass is 832 g/mol. The van der Waals surface area contributed by atoms with Crippen molar-refractivity contribution in [1.29, 1.82) is 0 Å². The van der Waals surface area contributed by atoms with Crippen molar-refractivity contribution in [3.8, 4) is 11.6 Å². The number of ether oxygens (including phenoxy) is 2. The predicted octanol–water partition coefficient (Wildman–Crippen LogP) is 4.44. The van der Waals surface area contributed by atoms with E-state index in [1.54, 1.807) is 6.20 Å². The molecule has 4 aliphatic carbocycles. The number of carboxylic acid groups (broad SMARTS) is 1. The number of pyridine rings is 1. The van der Waals surface area contributed by atoms with Crippen LogP contribution in [0, 0.1) is 29.6 Å². The van der Waals surface area contributed by atoms with Gasteiger partial charge in [0.25, 0.3) is 5.91 Å². The van der Waals surface area contributed by atoms with Crippen LogP contribution in [0.5, 0.6) is 11.6 Å². The summed E-state index contributed by atoms with van der Waals surface area (Å²) in [6.45, 7) is 5.36. The normalized spacial score (nSPS) is 34.8. The third kappa shape index (κ3) is 7.47. The van der Waals surface area contributed by atoms with Crippen LogP contribution in [0.3, 0.4) is 0 Å². The first-order chi connectivity index (χ1) is 28.3. The lowest BCUT2D eigenvalue weighted by Crippen LogP contribution is -2.61. The molecule has 59 heavy (non-hydrogen) atoms. The van der Waals surface area contributed by atoms with Crippen molar-refractivity contribution in [2.75, 3.05) is 31.6 Å². The van der Waals surface area contributed by atoms with Gasteiger partial charge in [-0.05, 0) is 99.7 Å². The quantitative estimate of drug-likeness (QED) is 0.319. The Morgan fingerprint density at radius 1 is 1.08 bits per heavy atom. The molecule has 3 aliphatic heterocycles.